The molecule has 0 N–H and O–H groups in total. The number of hydrogen-bond acceptors (Lipinski definition) is 2. The Hall–Kier alpha value is -1.02. The molecule has 14 heavy (non-hydrogen) atoms. The van der Waals surface area contributed by atoms with Crippen molar-refractivity contribution < 1.29 is 9.47 Å². The second-order valence-corrected chi connectivity index (χ2v) is 3.91. The molecule has 0 spiro atoms. The molecule has 76 valence electrons. The zero-order chi connectivity index (χ0) is 10.1. The van der Waals surface area contributed by atoms with Crippen LogP contribution in [0.5, 0.6) is 5.75 Å². The monoisotopic (exact) mass is 192 g/mol. The van der Waals surface area contributed by atoms with Gasteiger partial charge < -0.3 is 9.47 Å². The second kappa shape index (κ2) is 3.62. The molecule has 2 heteroatoms. The number of hydrogen-bond donors (Lipinski definition) is 0. The molecule has 1 aromatic rings. The average Bonchev–Trinajstić information content (AvgIpc) is 2.95. The van der Waals surface area contributed by atoms with Crippen molar-refractivity contribution in [2.24, 2.45) is 0 Å². The minimum atomic E-state index is 0.422. The normalized spacial score (nSPS) is 19.5. The lowest BCUT2D eigenvalue weighted by Crippen LogP contribution is -1.99. The number of aryl methyl sites for hydroxylation is 2. The summed E-state index contributed by atoms with van der Waals surface area (Å²) < 4.78 is 10.6. The zero-order valence-electron chi connectivity index (χ0n) is 8.96. The van der Waals surface area contributed by atoms with Crippen molar-refractivity contribution in [3.63, 3.8) is 0 Å². The van der Waals surface area contributed by atoms with E-state index in [2.05, 4.69) is 26.0 Å². The molecule has 1 aliphatic rings. The molecular formula is C12H16O2. The Morgan fingerprint density at radius 2 is 2.00 bits per heavy atom. The first-order chi connectivity index (χ1) is 6.70. The summed E-state index contributed by atoms with van der Waals surface area (Å²) in [5, 5.41) is 0. The first kappa shape index (κ1) is 9.53. The number of epoxide rings is 1. The van der Waals surface area contributed by atoms with Crippen LogP contribution in [0.25, 0.3) is 0 Å². The fourth-order valence-corrected chi connectivity index (χ4v) is 1.63. The van der Waals surface area contributed by atoms with Gasteiger partial charge in [-0.15, -0.1) is 0 Å². The van der Waals surface area contributed by atoms with Crippen LogP contribution in [0.15, 0.2) is 12.1 Å². The van der Waals surface area contributed by atoms with Crippen LogP contribution in [-0.2, 0) is 11.2 Å². The molecule has 2 rings (SSSR count). The Balaban J connectivity index is 2.29. The molecule has 0 bridgehead atoms. The van der Waals surface area contributed by atoms with Gasteiger partial charge in [-0.3, -0.25) is 0 Å². The molecule has 1 saturated heterocycles. The summed E-state index contributed by atoms with van der Waals surface area (Å²) in [5.41, 5.74) is 3.86. The summed E-state index contributed by atoms with van der Waals surface area (Å²) in [4.78, 5) is 0. The third-order valence-electron chi connectivity index (χ3n) is 2.75. The van der Waals surface area contributed by atoms with Gasteiger partial charge in [0.2, 0.25) is 0 Å². The fraction of sp³-hybridized carbons (Fsp3) is 0.500. The van der Waals surface area contributed by atoms with E-state index in [1.807, 2.05) is 0 Å². The number of benzene rings is 1. The zero-order valence-corrected chi connectivity index (χ0v) is 8.96. The predicted octanol–water partition coefficient (Wildman–Crippen LogP) is 2.25. The van der Waals surface area contributed by atoms with Crippen molar-refractivity contribution in [3.05, 3.63) is 28.8 Å². The summed E-state index contributed by atoms with van der Waals surface area (Å²) in [6, 6.07) is 4.31. The van der Waals surface area contributed by atoms with Gasteiger partial charge in [0.25, 0.3) is 0 Å². The molecule has 1 aromatic carbocycles. The Morgan fingerprint density at radius 1 is 1.36 bits per heavy atom. The lowest BCUT2D eigenvalue weighted by Gasteiger charge is -2.10. The van der Waals surface area contributed by atoms with Gasteiger partial charge in [-0.2, -0.15) is 0 Å². The summed E-state index contributed by atoms with van der Waals surface area (Å²) >= 11 is 0. The summed E-state index contributed by atoms with van der Waals surface area (Å²) in [7, 11) is 1.72. The molecule has 1 fully saturated rings. The van der Waals surface area contributed by atoms with E-state index in [-0.39, 0.29) is 0 Å². The topological polar surface area (TPSA) is 21.8 Å². The first-order valence-corrected chi connectivity index (χ1v) is 4.96. The molecule has 2 nitrogen and oxygen atoms in total. The van der Waals surface area contributed by atoms with Gasteiger partial charge in [0.15, 0.2) is 0 Å². The largest absolute Gasteiger partial charge is 0.496 e. The van der Waals surface area contributed by atoms with E-state index in [0.717, 1.165) is 18.8 Å². The molecule has 1 aliphatic heterocycles. The van der Waals surface area contributed by atoms with Crippen LogP contribution in [0.1, 0.15) is 16.7 Å². The highest BCUT2D eigenvalue weighted by Crippen LogP contribution is 2.27. The molecule has 1 heterocycles. The smallest absolute Gasteiger partial charge is 0.122 e. The Kier molecular flexibility index (Phi) is 2.46. The molecule has 0 amide bonds. The van der Waals surface area contributed by atoms with Crippen LogP contribution in [0, 0.1) is 13.8 Å². The van der Waals surface area contributed by atoms with Gasteiger partial charge in [0, 0.05) is 6.42 Å². The maximum Gasteiger partial charge on any atom is 0.122 e. The van der Waals surface area contributed by atoms with E-state index >= 15 is 0 Å². The highest BCUT2D eigenvalue weighted by molar-refractivity contribution is 5.42. The fourth-order valence-electron chi connectivity index (χ4n) is 1.63. The van der Waals surface area contributed by atoms with Crippen LogP contribution in [0.4, 0.5) is 0 Å². The molecule has 0 radical (unpaired) electrons. The van der Waals surface area contributed by atoms with Crippen LogP contribution in [0.2, 0.25) is 0 Å². The average molecular weight is 192 g/mol. The summed E-state index contributed by atoms with van der Waals surface area (Å²) in [6.07, 6.45) is 1.40. The van der Waals surface area contributed by atoms with Crippen molar-refractivity contribution in [3.8, 4) is 5.75 Å². The van der Waals surface area contributed by atoms with Crippen molar-refractivity contribution >= 4 is 0 Å². The van der Waals surface area contributed by atoms with Gasteiger partial charge in [0.1, 0.15) is 5.75 Å². The SMILES string of the molecule is COc1cc(C)c(C)cc1CC1CO1. The minimum absolute atomic E-state index is 0.422. The number of ether oxygens (including phenoxy) is 2. The van der Waals surface area contributed by atoms with Gasteiger partial charge in [-0.1, -0.05) is 6.07 Å². The van der Waals surface area contributed by atoms with Gasteiger partial charge >= 0.3 is 0 Å². The molecule has 1 unspecified atom stereocenters. The number of methoxy groups -OCH3 is 1. The number of rotatable bonds is 3. The van der Waals surface area contributed by atoms with Crippen LogP contribution >= 0.6 is 0 Å². The molecular weight excluding hydrogens is 176 g/mol. The van der Waals surface area contributed by atoms with E-state index in [4.69, 9.17) is 9.47 Å². The van der Waals surface area contributed by atoms with Crippen molar-refractivity contribution in [1.29, 1.82) is 0 Å². The van der Waals surface area contributed by atoms with Crippen LogP contribution in [0.3, 0.4) is 0 Å². The van der Waals surface area contributed by atoms with Crippen molar-refractivity contribution in [1.82, 2.24) is 0 Å². The van der Waals surface area contributed by atoms with E-state index in [9.17, 15) is 0 Å². The van der Waals surface area contributed by atoms with Gasteiger partial charge in [-0.05, 0) is 36.6 Å². The van der Waals surface area contributed by atoms with Gasteiger partial charge in [0.05, 0.1) is 19.8 Å². The van der Waals surface area contributed by atoms with E-state index in [0.29, 0.717) is 6.10 Å². The van der Waals surface area contributed by atoms with E-state index < -0.39 is 0 Å². The molecule has 0 saturated carbocycles. The maximum atomic E-state index is 5.35. The maximum absolute atomic E-state index is 5.35. The molecule has 0 aromatic heterocycles. The lowest BCUT2D eigenvalue weighted by molar-refractivity contribution is 0.390. The highest BCUT2D eigenvalue weighted by Gasteiger charge is 2.24. The minimum Gasteiger partial charge on any atom is -0.496 e. The van der Waals surface area contributed by atoms with Gasteiger partial charge in [-0.25, -0.2) is 0 Å². The highest BCUT2D eigenvalue weighted by atomic mass is 16.6. The lowest BCUT2D eigenvalue weighted by atomic mass is 10.0. The molecule has 1 atom stereocenters. The Labute approximate surface area is 84.8 Å². The standard InChI is InChI=1S/C12H16O2/c1-8-4-10(6-11-7-14-11)12(13-3)5-9(8)2/h4-5,11H,6-7H2,1-3H3. The van der Waals surface area contributed by atoms with Crippen molar-refractivity contribution in [2.75, 3.05) is 13.7 Å². The molecule has 0 aliphatic carbocycles. The quantitative estimate of drug-likeness (QED) is 0.685. The van der Waals surface area contributed by atoms with Crippen LogP contribution in [-0.4, -0.2) is 19.8 Å². The third-order valence-corrected chi connectivity index (χ3v) is 2.75. The summed E-state index contributed by atoms with van der Waals surface area (Å²) in [6.45, 7) is 5.14. The Bertz CT molecular complexity index is 340. The second-order valence-electron chi connectivity index (χ2n) is 3.91. The summed E-state index contributed by atoms with van der Waals surface area (Å²) in [5.74, 6) is 0.989. The van der Waals surface area contributed by atoms with E-state index in [1.165, 1.54) is 16.7 Å². The first-order valence-electron chi connectivity index (χ1n) is 4.96. The van der Waals surface area contributed by atoms with Crippen molar-refractivity contribution in [2.45, 2.75) is 26.4 Å². The Morgan fingerprint density at radius 3 is 2.57 bits per heavy atom. The predicted molar refractivity (Wildman–Crippen MR) is 55.9 cm³/mol. The van der Waals surface area contributed by atoms with Crippen LogP contribution < -0.4 is 4.74 Å². The van der Waals surface area contributed by atoms with E-state index in [1.54, 1.807) is 7.11 Å². The third kappa shape index (κ3) is 1.90.